The third kappa shape index (κ3) is 3.99. The lowest BCUT2D eigenvalue weighted by Gasteiger charge is -2.07. The van der Waals surface area contributed by atoms with Gasteiger partial charge >= 0.3 is 11.9 Å². The lowest BCUT2D eigenvalue weighted by Crippen LogP contribution is -2.21. The molecule has 0 amide bonds. The lowest BCUT2D eigenvalue weighted by molar-refractivity contribution is -0.144. The van der Waals surface area contributed by atoms with Gasteiger partial charge in [-0.05, 0) is 20.8 Å². The molecular weight excluding hydrogens is 270 g/mol. The fourth-order valence-electron chi connectivity index (χ4n) is 1.46. The van der Waals surface area contributed by atoms with E-state index in [0.29, 0.717) is 10.8 Å². The monoisotopic (exact) mass is 287 g/mol. The molecule has 106 valence electrons. The van der Waals surface area contributed by atoms with Crippen molar-refractivity contribution in [2.45, 2.75) is 26.8 Å². The molecule has 1 atom stereocenters. The van der Waals surface area contributed by atoms with Crippen LogP contribution in [-0.2, 0) is 19.1 Å². The summed E-state index contributed by atoms with van der Waals surface area (Å²) >= 11 is 1.23. The van der Waals surface area contributed by atoms with Crippen LogP contribution in [-0.4, -0.2) is 47.1 Å². The summed E-state index contributed by atoms with van der Waals surface area (Å²) in [6.07, 6.45) is 0. The first-order valence-corrected chi connectivity index (χ1v) is 6.94. The maximum atomic E-state index is 11.7. The van der Waals surface area contributed by atoms with E-state index in [1.165, 1.54) is 18.7 Å². The second-order valence-electron chi connectivity index (χ2n) is 3.69. The number of hydrogen-bond donors (Lipinski definition) is 1. The zero-order valence-corrected chi connectivity index (χ0v) is 12.0. The molecule has 1 rings (SSSR count). The molecule has 1 aliphatic rings. The van der Waals surface area contributed by atoms with Crippen molar-refractivity contribution in [1.82, 2.24) is 0 Å². The van der Waals surface area contributed by atoms with Crippen LogP contribution in [0.3, 0.4) is 0 Å². The van der Waals surface area contributed by atoms with Gasteiger partial charge in [0.2, 0.25) is 0 Å². The number of thioether (sulfide) groups is 1. The Morgan fingerprint density at radius 1 is 1.37 bits per heavy atom. The number of carbonyl (C=O) groups is 2. The van der Waals surface area contributed by atoms with Crippen molar-refractivity contribution >= 4 is 28.7 Å². The molecule has 0 aromatic carbocycles. The standard InChI is InChI=1S/C12H17NO5S/c1-4-17-11(15)8-6-19-10(13-8)9(7(3)14)12(16)18-5-2/h8,14H,4-6H2,1-3H3/b9-7-/t8-/m0/s1. The summed E-state index contributed by atoms with van der Waals surface area (Å²) in [7, 11) is 0. The highest BCUT2D eigenvalue weighted by Gasteiger charge is 2.31. The fraction of sp³-hybridized carbons (Fsp3) is 0.583. The van der Waals surface area contributed by atoms with Crippen LogP contribution in [0.25, 0.3) is 0 Å². The molecule has 0 fully saturated rings. The molecule has 7 heteroatoms. The first-order valence-electron chi connectivity index (χ1n) is 5.95. The summed E-state index contributed by atoms with van der Waals surface area (Å²) in [4.78, 5) is 27.4. The second-order valence-corrected chi connectivity index (χ2v) is 4.70. The predicted molar refractivity (Wildman–Crippen MR) is 72.3 cm³/mol. The third-order valence-corrected chi connectivity index (χ3v) is 3.33. The van der Waals surface area contributed by atoms with E-state index in [1.807, 2.05) is 0 Å². The largest absolute Gasteiger partial charge is 0.512 e. The molecular formula is C12H17NO5S. The van der Waals surface area contributed by atoms with Gasteiger partial charge in [-0.15, -0.1) is 11.8 Å². The van der Waals surface area contributed by atoms with Gasteiger partial charge in [-0.25, -0.2) is 9.59 Å². The van der Waals surface area contributed by atoms with E-state index < -0.39 is 18.0 Å². The van der Waals surface area contributed by atoms with Crippen LogP contribution in [0.4, 0.5) is 0 Å². The van der Waals surface area contributed by atoms with E-state index in [-0.39, 0.29) is 24.5 Å². The van der Waals surface area contributed by atoms with Crippen LogP contribution < -0.4 is 0 Å². The van der Waals surface area contributed by atoms with Crippen molar-refractivity contribution in [3.63, 3.8) is 0 Å². The highest BCUT2D eigenvalue weighted by Crippen LogP contribution is 2.26. The molecule has 0 spiro atoms. The highest BCUT2D eigenvalue weighted by molar-refractivity contribution is 8.14. The number of carbonyl (C=O) groups excluding carboxylic acids is 2. The first-order chi connectivity index (χ1) is 9.01. The van der Waals surface area contributed by atoms with Crippen LogP contribution >= 0.6 is 11.8 Å². The minimum absolute atomic E-state index is 0.0126. The molecule has 0 aromatic rings. The first kappa shape index (κ1) is 15.6. The van der Waals surface area contributed by atoms with Gasteiger partial charge < -0.3 is 14.6 Å². The molecule has 0 saturated heterocycles. The van der Waals surface area contributed by atoms with Crippen LogP contribution in [0.15, 0.2) is 16.3 Å². The molecule has 1 heterocycles. The molecule has 0 saturated carbocycles. The third-order valence-electron chi connectivity index (χ3n) is 2.26. The molecule has 0 bridgehead atoms. The minimum atomic E-state index is -0.641. The van der Waals surface area contributed by atoms with Gasteiger partial charge in [0.15, 0.2) is 6.04 Å². The number of nitrogens with zero attached hydrogens (tertiary/aromatic N) is 1. The number of hydrogen-bond acceptors (Lipinski definition) is 7. The quantitative estimate of drug-likeness (QED) is 0.468. The number of ether oxygens (including phenoxy) is 2. The SMILES string of the molecule is CCOC(=O)/C(C1=N[C@H](C(=O)OCC)CS1)=C(/C)O. The zero-order valence-electron chi connectivity index (χ0n) is 11.1. The Labute approximate surface area is 115 Å². The van der Waals surface area contributed by atoms with Crippen molar-refractivity contribution < 1.29 is 24.2 Å². The molecule has 0 aliphatic carbocycles. The normalized spacial score (nSPS) is 19.5. The number of esters is 2. The minimum Gasteiger partial charge on any atom is -0.512 e. The van der Waals surface area contributed by atoms with E-state index >= 15 is 0 Å². The number of rotatable bonds is 5. The van der Waals surface area contributed by atoms with Crippen LogP contribution in [0, 0.1) is 0 Å². The average molecular weight is 287 g/mol. The molecule has 0 unspecified atom stereocenters. The van der Waals surface area contributed by atoms with Crippen molar-refractivity contribution in [2.24, 2.45) is 4.99 Å². The van der Waals surface area contributed by atoms with Gasteiger partial charge in [-0.3, -0.25) is 4.99 Å². The average Bonchev–Trinajstić information content (AvgIpc) is 2.78. The fourth-order valence-corrected chi connectivity index (χ4v) is 2.57. The van der Waals surface area contributed by atoms with Gasteiger partial charge in [0.05, 0.1) is 13.2 Å². The maximum Gasteiger partial charge on any atom is 0.344 e. The van der Waals surface area contributed by atoms with E-state index in [9.17, 15) is 14.7 Å². The van der Waals surface area contributed by atoms with Crippen LogP contribution in [0.1, 0.15) is 20.8 Å². The van der Waals surface area contributed by atoms with Crippen molar-refractivity contribution in [3.05, 3.63) is 11.3 Å². The summed E-state index contributed by atoms with van der Waals surface area (Å²) in [5.74, 6) is -0.846. The molecule has 0 radical (unpaired) electrons. The number of aliphatic imine (C=N–C) groups is 1. The Morgan fingerprint density at radius 2 is 2.00 bits per heavy atom. The summed E-state index contributed by atoms with van der Waals surface area (Å²) in [5.41, 5.74) is 0.0126. The van der Waals surface area contributed by atoms with Crippen LogP contribution in [0.5, 0.6) is 0 Å². The van der Waals surface area contributed by atoms with Gasteiger partial charge in [0.25, 0.3) is 0 Å². The second kappa shape index (κ2) is 7.18. The van der Waals surface area contributed by atoms with Gasteiger partial charge in [0, 0.05) is 5.75 Å². The lowest BCUT2D eigenvalue weighted by atomic mass is 10.2. The summed E-state index contributed by atoms with van der Waals surface area (Å²) in [6.45, 7) is 5.26. The predicted octanol–water partition coefficient (Wildman–Crippen LogP) is 1.46. The number of allylic oxidation sites excluding steroid dienone is 1. The summed E-state index contributed by atoms with van der Waals surface area (Å²) < 4.78 is 9.72. The Bertz CT molecular complexity index is 426. The Kier molecular flexibility index (Phi) is 5.88. The molecule has 1 aliphatic heterocycles. The highest BCUT2D eigenvalue weighted by atomic mass is 32.2. The zero-order chi connectivity index (χ0) is 14.4. The van der Waals surface area contributed by atoms with Crippen molar-refractivity contribution in [1.29, 1.82) is 0 Å². The van der Waals surface area contributed by atoms with E-state index in [1.54, 1.807) is 13.8 Å². The van der Waals surface area contributed by atoms with E-state index in [4.69, 9.17) is 9.47 Å². The van der Waals surface area contributed by atoms with Gasteiger partial charge in [-0.1, -0.05) is 0 Å². The smallest absolute Gasteiger partial charge is 0.344 e. The van der Waals surface area contributed by atoms with E-state index in [0.717, 1.165) is 0 Å². The van der Waals surface area contributed by atoms with E-state index in [2.05, 4.69) is 4.99 Å². The van der Waals surface area contributed by atoms with Crippen molar-refractivity contribution in [2.75, 3.05) is 19.0 Å². The Hall–Kier alpha value is -1.50. The topological polar surface area (TPSA) is 85.2 Å². The summed E-state index contributed by atoms with van der Waals surface area (Å²) in [6, 6.07) is -0.635. The molecule has 19 heavy (non-hydrogen) atoms. The Morgan fingerprint density at radius 3 is 2.53 bits per heavy atom. The van der Waals surface area contributed by atoms with Crippen LogP contribution in [0.2, 0.25) is 0 Å². The Balaban J connectivity index is 2.89. The molecule has 6 nitrogen and oxygen atoms in total. The summed E-state index contributed by atoms with van der Waals surface area (Å²) in [5, 5.41) is 9.88. The van der Waals surface area contributed by atoms with Crippen molar-refractivity contribution in [3.8, 4) is 0 Å². The molecule has 1 N–H and O–H groups in total. The van der Waals surface area contributed by atoms with Gasteiger partial charge in [0.1, 0.15) is 16.4 Å². The number of aliphatic hydroxyl groups is 1. The number of aliphatic hydroxyl groups excluding tert-OH is 1. The molecule has 0 aromatic heterocycles. The maximum absolute atomic E-state index is 11.7. The van der Waals surface area contributed by atoms with Gasteiger partial charge in [-0.2, -0.15) is 0 Å².